The van der Waals surface area contributed by atoms with Gasteiger partial charge in [-0.25, -0.2) is 4.79 Å². The van der Waals surface area contributed by atoms with Crippen molar-refractivity contribution in [1.29, 1.82) is 0 Å². The zero-order valence-electron chi connectivity index (χ0n) is 30.5. The highest BCUT2D eigenvalue weighted by atomic mass is 19.4. The number of aromatic nitrogens is 6. The molecule has 4 heterocycles. The minimum Gasteiger partial charge on any atom is -0.459 e. The molecule has 3 unspecified atom stereocenters. The van der Waals surface area contributed by atoms with Gasteiger partial charge < -0.3 is 29.6 Å². The number of aryl methyl sites for hydroxylation is 2. The number of amides is 2. The molecule has 0 aliphatic carbocycles. The molecule has 3 aromatic carbocycles. The molecule has 0 spiro atoms. The number of ether oxygens (including phenoxy) is 1. The largest absolute Gasteiger partial charge is 0.459 e. The molecular formula is C39H36F6N8O5. The lowest BCUT2D eigenvalue weighted by atomic mass is 10.0. The number of likely N-dealkylation sites (tertiary alicyclic amines) is 1. The molecule has 19 heteroatoms. The maximum Gasteiger partial charge on any atom is 0.416 e. The van der Waals surface area contributed by atoms with Crippen LogP contribution in [-0.2, 0) is 52.7 Å². The normalized spacial score (nSPS) is 16.6. The Kier molecular flexibility index (Phi) is 11.2. The molecule has 3 atom stereocenters. The fourth-order valence-electron chi connectivity index (χ4n) is 7.24. The van der Waals surface area contributed by atoms with Gasteiger partial charge in [-0.3, -0.25) is 9.59 Å². The SMILES string of the molecule is O=C(OCc1cc(C(F)(F)F)cc(C(F)(F)F)c1)C(Cc1c[nH]c2ccccc12)NC(=O)C1CC(O)CN1C(=O)c1cn(CCCCc2nn[nH]n2)c2ccccc12. The van der Waals surface area contributed by atoms with Crippen LogP contribution < -0.4 is 5.32 Å². The molecule has 6 aromatic rings. The number of tetrazole rings is 1. The van der Waals surface area contributed by atoms with Crippen molar-refractivity contribution in [3.05, 3.63) is 113 Å². The Bertz CT molecular complexity index is 2390. The first-order valence-corrected chi connectivity index (χ1v) is 18.3. The Labute approximate surface area is 325 Å². The summed E-state index contributed by atoms with van der Waals surface area (Å²) in [6.07, 6.45) is -6.36. The maximum atomic E-state index is 14.2. The van der Waals surface area contributed by atoms with Gasteiger partial charge in [-0.1, -0.05) is 41.6 Å². The summed E-state index contributed by atoms with van der Waals surface area (Å²) in [6.45, 7) is -0.621. The second kappa shape index (κ2) is 16.3. The van der Waals surface area contributed by atoms with E-state index < -0.39 is 71.6 Å². The number of fused-ring (bicyclic) bond motifs is 2. The standard InChI is InChI=1S/C39H36F6N8O5/c40-38(41,42)24-13-22(14-25(16-24)39(43,44)45)21-58-37(57)31(15-23-18-46-30-9-3-1-7-27(23)30)47-35(55)33-17-26(54)19-53(33)36(56)29-20-52(32-10-4-2-8-28(29)32)12-6-5-11-34-48-50-51-49-34/h1-4,7-10,13-14,16,18,20,26,31,33,46,54H,5-6,11-12,15,17,19,21H2,(H,47,55)(H,48,49,50,51). The van der Waals surface area contributed by atoms with Crippen molar-refractivity contribution in [3.8, 4) is 0 Å². The van der Waals surface area contributed by atoms with Gasteiger partial charge in [0, 0.05) is 66.6 Å². The van der Waals surface area contributed by atoms with E-state index in [0.29, 0.717) is 52.8 Å². The second-order valence-electron chi connectivity index (χ2n) is 14.0. The quantitative estimate of drug-likeness (QED) is 0.0650. The topological polar surface area (TPSA) is 171 Å². The van der Waals surface area contributed by atoms with Crippen molar-refractivity contribution >= 4 is 39.6 Å². The lowest BCUT2D eigenvalue weighted by Crippen LogP contribution is -2.51. The van der Waals surface area contributed by atoms with E-state index in [0.717, 1.165) is 18.4 Å². The number of rotatable bonds is 13. The number of nitrogens with one attached hydrogen (secondary N) is 3. The number of aliphatic hydroxyl groups is 1. The minimum absolute atomic E-state index is 0.0353. The Balaban J connectivity index is 1.11. The minimum atomic E-state index is -5.12. The number of nitrogens with zero attached hydrogens (tertiary/aromatic N) is 5. The molecule has 1 aliphatic heterocycles. The van der Waals surface area contributed by atoms with Crippen LogP contribution in [0.4, 0.5) is 26.3 Å². The molecule has 0 bridgehead atoms. The van der Waals surface area contributed by atoms with Crippen molar-refractivity contribution < 1.29 is 50.6 Å². The number of alkyl halides is 6. The molecule has 0 radical (unpaired) electrons. The van der Waals surface area contributed by atoms with Crippen molar-refractivity contribution in [1.82, 2.24) is 40.4 Å². The second-order valence-corrected chi connectivity index (χ2v) is 14.0. The molecule has 1 saturated heterocycles. The van der Waals surface area contributed by atoms with Crippen LogP contribution in [-0.4, -0.2) is 82.7 Å². The molecule has 58 heavy (non-hydrogen) atoms. The van der Waals surface area contributed by atoms with E-state index in [9.17, 15) is 45.8 Å². The average Bonchev–Trinajstić information content (AvgIpc) is 4.01. The Hall–Kier alpha value is -6.24. The van der Waals surface area contributed by atoms with Crippen molar-refractivity contribution in [3.63, 3.8) is 0 Å². The summed E-state index contributed by atoms with van der Waals surface area (Å²) in [4.78, 5) is 46.3. The molecule has 3 aromatic heterocycles. The predicted molar refractivity (Wildman–Crippen MR) is 195 cm³/mol. The fraction of sp³-hybridized carbons (Fsp3) is 0.333. The van der Waals surface area contributed by atoms with Crippen molar-refractivity contribution in [2.45, 2.75) is 75.8 Å². The van der Waals surface area contributed by atoms with E-state index in [1.54, 1.807) is 48.8 Å². The third kappa shape index (κ3) is 8.83. The first kappa shape index (κ1) is 40.0. The zero-order chi connectivity index (χ0) is 41.2. The molecule has 304 valence electrons. The molecule has 1 fully saturated rings. The van der Waals surface area contributed by atoms with Gasteiger partial charge in [0.2, 0.25) is 5.91 Å². The number of β-amino-alcohol motifs (C(OH)–C–C–N with tert-alkyl or cyclic N) is 1. The summed E-state index contributed by atoms with van der Waals surface area (Å²) in [5, 5.41) is 28.5. The van der Waals surface area contributed by atoms with Crippen LogP contribution >= 0.6 is 0 Å². The number of aliphatic hydroxyl groups excluding tert-OH is 1. The van der Waals surface area contributed by atoms with Gasteiger partial charge in [0.15, 0.2) is 5.82 Å². The number of esters is 1. The maximum absolute atomic E-state index is 14.2. The van der Waals surface area contributed by atoms with Crippen molar-refractivity contribution in [2.24, 2.45) is 0 Å². The van der Waals surface area contributed by atoms with Gasteiger partial charge in [-0.15, -0.1) is 10.2 Å². The number of unbranched alkanes of at least 4 members (excludes halogenated alkanes) is 1. The Morgan fingerprint density at radius 2 is 1.66 bits per heavy atom. The number of hydrogen-bond donors (Lipinski definition) is 4. The number of halogens is 6. The average molecular weight is 811 g/mol. The van der Waals surface area contributed by atoms with E-state index in [-0.39, 0.29) is 31.0 Å². The summed E-state index contributed by atoms with van der Waals surface area (Å²) in [5.41, 5.74) is -1.43. The van der Waals surface area contributed by atoms with Gasteiger partial charge in [-0.2, -0.15) is 31.6 Å². The van der Waals surface area contributed by atoms with Gasteiger partial charge in [0.1, 0.15) is 18.7 Å². The third-order valence-corrected chi connectivity index (χ3v) is 10.0. The molecule has 7 rings (SSSR count). The van der Waals surface area contributed by atoms with Crippen LogP contribution in [0.1, 0.15) is 57.7 Å². The number of benzene rings is 3. The van der Waals surface area contributed by atoms with E-state index in [2.05, 4.69) is 30.9 Å². The van der Waals surface area contributed by atoms with Crippen LogP contribution in [0.15, 0.2) is 79.1 Å². The highest BCUT2D eigenvalue weighted by molar-refractivity contribution is 6.08. The van der Waals surface area contributed by atoms with Gasteiger partial charge >= 0.3 is 18.3 Å². The number of carbonyl (C=O) groups excluding carboxylic acids is 3. The number of para-hydroxylation sites is 2. The van der Waals surface area contributed by atoms with E-state index in [1.807, 2.05) is 16.7 Å². The lowest BCUT2D eigenvalue weighted by Gasteiger charge is -2.26. The number of hydrogen-bond acceptors (Lipinski definition) is 8. The number of carbonyl (C=O) groups is 3. The van der Waals surface area contributed by atoms with Gasteiger partial charge in [-0.05, 0) is 54.3 Å². The van der Waals surface area contributed by atoms with Crippen LogP contribution in [0.3, 0.4) is 0 Å². The molecule has 4 N–H and O–H groups in total. The summed E-state index contributed by atoms with van der Waals surface area (Å²) < 4.78 is 88.4. The van der Waals surface area contributed by atoms with Crippen molar-refractivity contribution in [2.75, 3.05) is 6.54 Å². The first-order chi connectivity index (χ1) is 27.7. The first-order valence-electron chi connectivity index (χ1n) is 18.3. The Morgan fingerprint density at radius 3 is 2.36 bits per heavy atom. The molecular weight excluding hydrogens is 774 g/mol. The molecule has 2 amide bonds. The third-order valence-electron chi connectivity index (χ3n) is 10.0. The fourth-order valence-corrected chi connectivity index (χ4v) is 7.24. The highest BCUT2D eigenvalue weighted by Crippen LogP contribution is 2.37. The smallest absolute Gasteiger partial charge is 0.416 e. The summed E-state index contributed by atoms with van der Waals surface area (Å²) in [5.74, 6) is -1.93. The molecule has 1 aliphatic rings. The highest BCUT2D eigenvalue weighted by Gasteiger charge is 2.42. The lowest BCUT2D eigenvalue weighted by molar-refractivity contribution is -0.149. The number of aromatic amines is 2. The predicted octanol–water partition coefficient (Wildman–Crippen LogP) is 5.74. The number of H-pyrrole nitrogens is 2. The summed E-state index contributed by atoms with van der Waals surface area (Å²) >= 11 is 0. The summed E-state index contributed by atoms with van der Waals surface area (Å²) in [7, 11) is 0. The molecule has 0 saturated carbocycles. The van der Waals surface area contributed by atoms with E-state index in [1.165, 1.54) is 4.90 Å². The van der Waals surface area contributed by atoms with Crippen LogP contribution in [0, 0.1) is 0 Å². The monoisotopic (exact) mass is 810 g/mol. The Morgan fingerprint density at radius 1 is 0.948 bits per heavy atom. The van der Waals surface area contributed by atoms with E-state index in [4.69, 9.17) is 4.74 Å². The van der Waals surface area contributed by atoms with Crippen LogP contribution in [0.5, 0.6) is 0 Å². The van der Waals surface area contributed by atoms with Crippen LogP contribution in [0.25, 0.3) is 21.8 Å². The van der Waals surface area contributed by atoms with E-state index >= 15 is 0 Å². The molecule has 13 nitrogen and oxygen atoms in total. The zero-order valence-corrected chi connectivity index (χ0v) is 30.5. The summed E-state index contributed by atoms with van der Waals surface area (Å²) in [6, 6.07) is 12.4. The van der Waals surface area contributed by atoms with Crippen LogP contribution in [0.2, 0.25) is 0 Å². The van der Waals surface area contributed by atoms with Gasteiger partial charge in [0.25, 0.3) is 5.91 Å². The van der Waals surface area contributed by atoms with Gasteiger partial charge in [0.05, 0.1) is 22.8 Å².